The zero-order chi connectivity index (χ0) is 6.69. The molecular formula is C8H11Cl2NZn. The zero-order valence-electron chi connectivity index (χ0n) is 7.30. The van der Waals surface area contributed by atoms with Gasteiger partial charge in [0.2, 0.25) is 0 Å². The normalized spacial score (nSPS) is 6.83. The van der Waals surface area contributed by atoms with Crippen molar-refractivity contribution in [2.24, 2.45) is 0 Å². The number of hydrogen-bond donors (Lipinski definition) is 0. The Morgan fingerprint density at radius 2 is 1.33 bits per heavy atom. The van der Waals surface area contributed by atoms with Crippen LogP contribution in [0, 0.1) is 0 Å². The maximum Gasteiger partial charge on any atom is 2.00 e. The largest absolute Gasteiger partial charge is 2.00 e. The molecule has 1 aromatic rings. The molecule has 1 rings (SSSR count). The van der Waals surface area contributed by atoms with Crippen molar-refractivity contribution in [2.45, 2.75) is 0 Å². The molecule has 0 aliphatic carbocycles. The first-order valence-electron chi connectivity index (χ1n) is 3.03. The van der Waals surface area contributed by atoms with E-state index in [0.29, 0.717) is 0 Å². The maximum atomic E-state index is 2.08. The molecule has 0 aliphatic heterocycles. The summed E-state index contributed by atoms with van der Waals surface area (Å²) in [5.41, 5.74) is 1.25. The summed E-state index contributed by atoms with van der Waals surface area (Å²) in [6, 6.07) is 10.3. The molecule has 0 saturated carbocycles. The molecule has 0 bridgehead atoms. The van der Waals surface area contributed by atoms with Gasteiger partial charge in [0.15, 0.2) is 0 Å². The molecule has 0 amide bonds. The van der Waals surface area contributed by atoms with E-state index >= 15 is 0 Å². The molecular weight excluding hydrogens is 246 g/mol. The summed E-state index contributed by atoms with van der Waals surface area (Å²) in [5, 5.41) is 0. The summed E-state index contributed by atoms with van der Waals surface area (Å²) >= 11 is 0. The van der Waals surface area contributed by atoms with E-state index in [9.17, 15) is 0 Å². The van der Waals surface area contributed by atoms with E-state index in [1.807, 2.05) is 32.3 Å². The third-order valence-corrected chi connectivity index (χ3v) is 1.27. The predicted octanol–water partition coefficient (Wildman–Crippen LogP) is -4.24. The minimum atomic E-state index is 0. The molecule has 12 heavy (non-hydrogen) atoms. The number of benzene rings is 1. The Bertz CT molecular complexity index is 180. The van der Waals surface area contributed by atoms with Gasteiger partial charge in [0.1, 0.15) is 0 Å². The first-order valence-corrected chi connectivity index (χ1v) is 3.03. The number of anilines is 1. The van der Waals surface area contributed by atoms with Crippen molar-refractivity contribution in [3.05, 3.63) is 30.3 Å². The molecule has 0 unspecified atom stereocenters. The SMILES string of the molecule is CN(C)c1ccccc1.[Cl-].[Cl-].[Zn+2]. The summed E-state index contributed by atoms with van der Waals surface area (Å²) in [6.45, 7) is 0. The standard InChI is InChI=1S/C8H11N.2ClH.Zn/c1-9(2)8-6-4-3-5-7-8;;;/h3-7H,1-2H3;2*1H;/q;;;+2/p-2. The molecule has 0 saturated heterocycles. The van der Waals surface area contributed by atoms with E-state index in [2.05, 4.69) is 17.0 Å². The van der Waals surface area contributed by atoms with Crippen LogP contribution in [0.1, 0.15) is 0 Å². The average Bonchev–Trinajstić information content (AvgIpc) is 1.90. The second-order valence-corrected chi connectivity index (χ2v) is 2.23. The fraction of sp³-hybridized carbons (Fsp3) is 0.250. The third-order valence-electron chi connectivity index (χ3n) is 1.27. The van der Waals surface area contributed by atoms with Crippen LogP contribution in [0.4, 0.5) is 5.69 Å². The fourth-order valence-electron chi connectivity index (χ4n) is 0.726. The van der Waals surface area contributed by atoms with Crippen molar-refractivity contribution < 1.29 is 44.3 Å². The van der Waals surface area contributed by atoms with E-state index in [4.69, 9.17) is 0 Å². The topological polar surface area (TPSA) is 3.24 Å². The van der Waals surface area contributed by atoms with Gasteiger partial charge in [-0.25, -0.2) is 0 Å². The molecule has 0 spiro atoms. The van der Waals surface area contributed by atoms with E-state index in [-0.39, 0.29) is 44.3 Å². The Morgan fingerprint density at radius 3 is 1.58 bits per heavy atom. The summed E-state index contributed by atoms with van der Waals surface area (Å²) in [4.78, 5) is 2.08. The summed E-state index contributed by atoms with van der Waals surface area (Å²) in [6.07, 6.45) is 0. The van der Waals surface area contributed by atoms with Crippen LogP contribution in [-0.4, -0.2) is 14.1 Å². The fourth-order valence-corrected chi connectivity index (χ4v) is 0.726. The molecule has 1 aromatic carbocycles. The van der Waals surface area contributed by atoms with E-state index < -0.39 is 0 Å². The van der Waals surface area contributed by atoms with Crippen LogP contribution >= 0.6 is 0 Å². The van der Waals surface area contributed by atoms with Gasteiger partial charge in [0, 0.05) is 19.8 Å². The van der Waals surface area contributed by atoms with Crippen LogP contribution in [0.25, 0.3) is 0 Å². The molecule has 0 N–H and O–H groups in total. The molecule has 0 atom stereocenters. The minimum Gasteiger partial charge on any atom is -1.00 e. The second-order valence-electron chi connectivity index (χ2n) is 2.23. The van der Waals surface area contributed by atoms with Gasteiger partial charge in [-0.3, -0.25) is 0 Å². The number of para-hydroxylation sites is 1. The van der Waals surface area contributed by atoms with Crippen LogP contribution in [0.2, 0.25) is 0 Å². The third kappa shape index (κ3) is 5.82. The summed E-state index contributed by atoms with van der Waals surface area (Å²) in [7, 11) is 4.07. The van der Waals surface area contributed by atoms with Crippen molar-refractivity contribution in [1.29, 1.82) is 0 Å². The van der Waals surface area contributed by atoms with Crippen LogP contribution in [0.3, 0.4) is 0 Å². The van der Waals surface area contributed by atoms with Gasteiger partial charge in [-0.05, 0) is 12.1 Å². The van der Waals surface area contributed by atoms with Gasteiger partial charge in [0.05, 0.1) is 0 Å². The molecule has 0 aromatic heterocycles. The van der Waals surface area contributed by atoms with Gasteiger partial charge in [-0.15, -0.1) is 0 Å². The molecule has 4 heteroatoms. The Hall–Kier alpha value is 0.223. The van der Waals surface area contributed by atoms with Gasteiger partial charge in [-0.2, -0.15) is 0 Å². The van der Waals surface area contributed by atoms with Crippen LogP contribution < -0.4 is 29.7 Å². The summed E-state index contributed by atoms with van der Waals surface area (Å²) in [5.74, 6) is 0. The van der Waals surface area contributed by atoms with Crippen molar-refractivity contribution in [3.8, 4) is 0 Å². The quantitative estimate of drug-likeness (QED) is 0.461. The number of halogens is 2. The van der Waals surface area contributed by atoms with Crippen molar-refractivity contribution in [2.75, 3.05) is 19.0 Å². The van der Waals surface area contributed by atoms with Crippen molar-refractivity contribution in [3.63, 3.8) is 0 Å². The number of nitrogens with zero attached hydrogens (tertiary/aromatic N) is 1. The smallest absolute Gasteiger partial charge is 1.00 e. The zero-order valence-corrected chi connectivity index (χ0v) is 11.8. The molecule has 0 aliphatic rings. The van der Waals surface area contributed by atoms with E-state index in [1.165, 1.54) is 5.69 Å². The monoisotopic (exact) mass is 255 g/mol. The van der Waals surface area contributed by atoms with E-state index in [1.54, 1.807) is 0 Å². The van der Waals surface area contributed by atoms with Crippen LogP contribution in [0.15, 0.2) is 30.3 Å². The van der Waals surface area contributed by atoms with Crippen LogP contribution in [-0.2, 0) is 19.5 Å². The Kier molecular flexibility index (Phi) is 14.0. The Morgan fingerprint density at radius 1 is 0.917 bits per heavy atom. The molecule has 1 nitrogen and oxygen atoms in total. The van der Waals surface area contributed by atoms with E-state index in [0.717, 1.165) is 0 Å². The van der Waals surface area contributed by atoms with Gasteiger partial charge in [-0.1, -0.05) is 18.2 Å². The minimum absolute atomic E-state index is 0. The molecule has 0 fully saturated rings. The number of rotatable bonds is 1. The van der Waals surface area contributed by atoms with Gasteiger partial charge >= 0.3 is 19.5 Å². The van der Waals surface area contributed by atoms with Gasteiger partial charge < -0.3 is 29.7 Å². The molecule has 64 valence electrons. The number of hydrogen-bond acceptors (Lipinski definition) is 1. The molecule has 0 radical (unpaired) electrons. The molecule has 0 heterocycles. The van der Waals surface area contributed by atoms with Crippen LogP contribution in [0.5, 0.6) is 0 Å². The second kappa shape index (κ2) is 9.31. The van der Waals surface area contributed by atoms with Gasteiger partial charge in [0.25, 0.3) is 0 Å². The Labute approximate surface area is 99.1 Å². The average molecular weight is 257 g/mol. The maximum absolute atomic E-state index is 2.08. The predicted molar refractivity (Wildman–Crippen MR) is 40.8 cm³/mol. The first-order chi connectivity index (χ1) is 4.30. The summed E-state index contributed by atoms with van der Waals surface area (Å²) < 4.78 is 0. The van der Waals surface area contributed by atoms with Crippen molar-refractivity contribution >= 4 is 5.69 Å². The first kappa shape index (κ1) is 18.1. The van der Waals surface area contributed by atoms with Crippen molar-refractivity contribution in [1.82, 2.24) is 0 Å². The Balaban J connectivity index is -0.000000270.